The molecule has 1 aromatic carbocycles. The minimum Gasteiger partial charge on any atom is -0.297 e. The van der Waals surface area contributed by atoms with E-state index in [-0.39, 0.29) is 6.04 Å². The Morgan fingerprint density at radius 1 is 1.08 bits per heavy atom. The molecule has 1 saturated heterocycles. The minimum atomic E-state index is -3.50. The van der Waals surface area contributed by atoms with Crippen LogP contribution in [0.1, 0.15) is 18.4 Å². The zero-order chi connectivity index (χ0) is 17.4. The largest absolute Gasteiger partial charge is 0.297 e. The molecular weight excluding hydrogens is 376 g/mol. The van der Waals surface area contributed by atoms with Gasteiger partial charge in [0.25, 0.3) is 10.0 Å². The Balaban J connectivity index is 1.61. The molecule has 1 saturated carbocycles. The Hall–Kier alpha value is -0.920. The number of piperazine rings is 1. The van der Waals surface area contributed by atoms with Gasteiger partial charge in [0.2, 0.25) is 0 Å². The third kappa shape index (κ3) is 3.78. The van der Waals surface area contributed by atoms with Crippen LogP contribution in [0.4, 0.5) is 0 Å². The van der Waals surface area contributed by atoms with E-state index in [9.17, 15) is 8.42 Å². The molecule has 0 N–H and O–H groups in total. The molecule has 2 heterocycles. The first-order valence-corrected chi connectivity index (χ1v) is 11.2. The third-order valence-corrected chi connectivity index (χ3v) is 8.60. The highest BCUT2D eigenvalue weighted by Crippen LogP contribution is 2.34. The first-order valence-electron chi connectivity index (χ1n) is 8.59. The Bertz CT molecular complexity index is 834. The summed E-state index contributed by atoms with van der Waals surface area (Å²) in [5.74, 6) is 0. The number of hydrogen-bond acceptors (Lipinski definition) is 4. The van der Waals surface area contributed by atoms with Crippen LogP contribution in [0, 0.1) is 0 Å². The number of thiophene rings is 1. The monoisotopic (exact) mass is 396 g/mol. The Morgan fingerprint density at radius 3 is 2.48 bits per heavy atom. The van der Waals surface area contributed by atoms with Gasteiger partial charge < -0.3 is 0 Å². The smallest absolute Gasteiger partial charge is 0.252 e. The fraction of sp³-hybridized carbons (Fsp3) is 0.444. The van der Waals surface area contributed by atoms with E-state index < -0.39 is 10.0 Å². The second-order valence-electron chi connectivity index (χ2n) is 6.74. The van der Waals surface area contributed by atoms with Crippen LogP contribution in [0.5, 0.6) is 0 Å². The summed E-state index contributed by atoms with van der Waals surface area (Å²) in [6.45, 7) is 2.16. The molecule has 4 rings (SSSR count). The van der Waals surface area contributed by atoms with Crippen molar-refractivity contribution in [2.45, 2.75) is 35.6 Å². The number of benzene rings is 1. The van der Waals surface area contributed by atoms with Crippen molar-refractivity contribution in [3.8, 4) is 0 Å². The molecular formula is C18H21ClN2O2S2. The van der Waals surface area contributed by atoms with Gasteiger partial charge in [0, 0.05) is 31.7 Å². The second kappa shape index (κ2) is 7.00. The number of nitrogens with zero attached hydrogens (tertiary/aromatic N) is 2. The summed E-state index contributed by atoms with van der Waals surface area (Å²) in [4.78, 5) is 2.46. The van der Waals surface area contributed by atoms with Crippen molar-refractivity contribution in [1.29, 1.82) is 0 Å². The first kappa shape index (κ1) is 17.5. The topological polar surface area (TPSA) is 40.6 Å². The van der Waals surface area contributed by atoms with Crippen LogP contribution in [0.15, 0.2) is 46.7 Å². The maximum absolute atomic E-state index is 13.2. The first-order chi connectivity index (χ1) is 12.0. The molecule has 0 amide bonds. The molecule has 134 valence electrons. The average molecular weight is 397 g/mol. The lowest BCUT2D eigenvalue weighted by atomic mass is 10.0. The molecule has 0 radical (unpaired) electrons. The highest BCUT2D eigenvalue weighted by molar-refractivity contribution is 7.91. The van der Waals surface area contributed by atoms with Crippen molar-refractivity contribution < 1.29 is 8.42 Å². The molecule has 1 unspecified atom stereocenters. The van der Waals surface area contributed by atoms with Crippen LogP contribution in [0.2, 0.25) is 4.34 Å². The maximum atomic E-state index is 13.2. The number of halogens is 1. The molecule has 25 heavy (non-hydrogen) atoms. The quantitative estimate of drug-likeness (QED) is 0.776. The molecule has 1 aliphatic carbocycles. The van der Waals surface area contributed by atoms with Crippen LogP contribution >= 0.6 is 22.9 Å². The van der Waals surface area contributed by atoms with Crippen LogP contribution in [0.3, 0.4) is 0 Å². The van der Waals surface area contributed by atoms with Crippen LogP contribution in [-0.4, -0.2) is 49.3 Å². The van der Waals surface area contributed by atoms with E-state index in [1.165, 1.54) is 18.4 Å². The van der Waals surface area contributed by atoms with E-state index in [2.05, 4.69) is 17.0 Å². The number of hydrogen-bond donors (Lipinski definition) is 0. The molecule has 2 aliphatic rings. The van der Waals surface area contributed by atoms with Gasteiger partial charge in [0.1, 0.15) is 4.21 Å². The van der Waals surface area contributed by atoms with Crippen LogP contribution < -0.4 is 0 Å². The SMILES string of the molecule is O=S(=O)(c1ccc(Cl)s1)N1CCN(C2CC2)CC1Cc1ccccc1. The summed E-state index contributed by atoms with van der Waals surface area (Å²) in [6, 6.07) is 14.0. The standard InChI is InChI=1S/C18H21ClN2O2S2/c19-17-8-9-18(24-17)25(22,23)21-11-10-20(15-6-7-15)13-16(21)12-14-4-2-1-3-5-14/h1-5,8-9,15-16H,6-7,10-13H2. The van der Waals surface area contributed by atoms with Crippen molar-refractivity contribution in [1.82, 2.24) is 9.21 Å². The van der Waals surface area contributed by atoms with Gasteiger partial charge in [0.15, 0.2) is 0 Å². The Morgan fingerprint density at radius 2 is 1.84 bits per heavy atom. The van der Waals surface area contributed by atoms with Gasteiger partial charge in [-0.05, 0) is 37.0 Å². The molecule has 0 bridgehead atoms. The Labute approximate surface area is 158 Å². The van der Waals surface area contributed by atoms with Gasteiger partial charge in [-0.1, -0.05) is 41.9 Å². The molecule has 1 aliphatic heterocycles. The lowest BCUT2D eigenvalue weighted by molar-refractivity contribution is 0.128. The van der Waals surface area contributed by atoms with Gasteiger partial charge in [0.05, 0.1) is 4.34 Å². The number of rotatable bonds is 5. The second-order valence-corrected chi connectivity index (χ2v) is 10.6. The lowest BCUT2D eigenvalue weighted by Crippen LogP contribution is -2.56. The predicted molar refractivity (Wildman–Crippen MR) is 102 cm³/mol. The van der Waals surface area contributed by atoms with Crippen LogP contribution in [-0.2, 0) is 16.4 Å². The van der Waals surface area contributed by atoms with Crippen molar-refractivity contribution in [2.24, 2.45) is 0 Å². The number of sulfonamides is 1. The molecule has 2 fully saturated rings. The highest BCUT2D eigenvalue weighted by Gasteiger charge is 2.40. The summed E-state index contributed by atoms with van der Waals surface area (Å²) in [5, 5.41) is 0. The zero-order valence-corrected chi connectivity index (χ0v) is 16.2. The molecule has 1 atom stereocenters. The van der Waals surface area contributed by atoms with E-state index in [0.717, 1.165) is 30.8 Å². The van der Waals surface area contributed by atoms with E-state index in [4.69, 9.17) is 11.6 Å². The lowest BCUT2D eigenvalue weighted by Gasteiger charge is -2.40. The summed E-state index contributed by atoms with van der Waals surface area (Å²) in [5.41, 5.74) is 1.18. The summed E-state index contributed by atoms with van der Waals surface area (Å²) < 4.78 is 28.9. The fourth-order valence-corrected chi connectivity index (χ4v) is 6.77. The summed E-state index contributed by atoms with van der Waals surface area (Å²) in [6.07, 6.45) is 3.22. The zero-order valence-electron chi connectivity index (χ0n) is 13.8. The van der Waals surface area contributed by atoms with Crippen molar-refractivity contribution in [2.75, 3.05) is 19.6 Å². The summed E-state index contributed by atoms with van der Waals surface area (Å²) in [7, 11) is -3.50. The van der Waals surface area contributed by atoms with Gasteiger partial charge in [-0.2, -0.15) is 4.31 Å². The van der Waals surface area contributed by atoms with Crippen molar-refractivity contribution in [3.63, 3.8) is 0 Å². The third-order valence-electron chi connectivity index (χ3n) is 4.95. The minimum absolute atomic E-state index is 0.0392. The van der Waals surface area contributed by atoms with E-state index in [1.54, 1.807) is 16.4 Å². The van der Waals surface area contributed by atoms with Gasteiger partial charge in [-0.15, -0.1) is 11.3 Å². The fourth-order valence-electron chi connectivity index (χ4n) is 3.55. The van der Waals surface area contributed by atoms with Crippen LogP contribution in [0.25, 0.3) is 0 Å². The predicted octanol–water partition coefficient (Wildman–Crippen LogP) is 3.48. The van der Waals surface area contributed by atoms with Gasteiger partial charge in [-0.3, -0.25) is 4.90 Å². The highest BCUT2D eigenvalue weighted by atomic mass is 35.5. The molecule has 2 aromatic rings. The maximum Gasteiger partial charge on any atom is 0.252 e. The summed E-state index contributed by atoms with van der Waals surface area (Å²) >= 11 is 7.11. The molecule has 4 nitrogen and oxygen atoms in total. The normalized spacial score (nSPS) is 23.0. The van der Waals surface area contributed by atoms with E-state index >= 15 is 0 Å². The average Bonchev–Trinajstić information content (AvgIpc) is 3.36. The van der Waals surface area contributed by atoms with Gasteiger partial charge >= 0.3 is 0 Å². The van der Waals surface area contributed by atoms with Crippen molar-refractivity contribution in [3.05, 3.63) is 52.4 Å². The van der Waals surface area contributed by atoms with Crippen molar-refractivity contribution >= 4 is 33.0 Å². The molecule has 1 aromatic heterocycles. The van der Waals surface area contributed by atoms with E-state index in [1.807, 2.05) is 18.2 Å². The molecule has 0 spiro atoms. The molecule has 7 heteroatoms. The Kier molecular flexibility index (Phi) is 4.90. The van der Waals surface area contributed by atoms with Gasteiger partial charge in [-0.25, -0.2) is 8.42 Å². The van der Waals surface area contributed by atoms with E-state index in [0.29, 0.717) is 21.1 Å².